The Labute approximate surface area is 182 Å². The van der Waals surface area contributed by atoms with Gasteiger partial charge in [0.2, 0.25) is 5.78 Å². The first-order chi connectivity index (χ1) is 15.3. The summed E-state index contributed by atoms with van der Waals surface area (Å²) in [6.45, 7) is 1.82. The van der Waals surface area contributed by atoms with Crippen LogP contribution < -0.4 is 5.43 Å². The predicted octanol–water partition coefficient (Wildman–Crippen LogP) is 4.24. The number of anilines is 1. The Bertz CT molecular complexity index is 1390. The SMILES string of the molecule is Cc1cc2ccccn2c1C(=O)c1ccc(N/N=C\c2ccc(O)cc2O)c([N+](=O)[O-])c1. The molecule has 0 aliphatic carbocycles. The van der Waals surface area contributed by atoms with Crippen LogP contribution in [0.15, 0.2) is 72.0 Å². The maximum Gasteiger partial charge on any atom is 0.294 e. The zero-order valence-electron chi connectivity index (χ0n) is 16.9. The van der Waals surface area contributed by atoms with Gasteiger partial charge in [0.15, 0.2) is 0 Å². The van der Waals surface area contributed by atoms with Crippen molar-refractivity contribution in [1.82, 2.24) is 4.40 Å². The number of ketones is 1. The number of rotatable bonds is 6. The Morgan fingerprint density at radius 2 is 1.94 bits per heavy atom. The Morgan fingerprint density at radius 1 is 1.12 bits per heavy atom. The predicted molar refractivity (Wildman–Crippen MR) is 120 cm³/mol. The number of carbonyl (C=O) groups is 1. The van der Waals surface area contributed by atoms with Gasteiger partial charge in [0.25, 0.3) is 5.69 Å². The third-order valence-electron chi connectivity index (χ3n) is 4.94. The summed E-state index contributed by atoms with van der Waals surface area (Å²) in [4.78, 5) is 24.2. The lowest BCUT2D eigenvalue weighted by atomic mass is 10.0. The molecule has 0 aliphatic rings. The van der Waals surface area contributed by atoms with Crippen LogP contribution in [0.5, 0.6) is 11.5 Å². The Kier molecular flexibility index (Phi) is 5.30. The Balaban J connectivity index is 1.64. The molecular weight excluding hydrogens is 412 g/mol. The molecule has 3 N–H and O–H groups in total. The second-order valence-corrected chi connectivity index (χ2v) is 7.10. The minimum Gasteiger partial charge on any atom is -0.508 e. The van der Waals surface area contributed by atoms with E-state index < -0.39 is 4.92 Å². The van der Waals surface area contributed by atoms with Crippen molar-refractivity contribution < 1.29 is 19.9 Å². The molecule has 0 spiro atoms. The van der Waals surface area contributed by atoms with Crippen molar-refractivity contribution in [3.8, 4) is 11.5 Å². The third-order valence-corrected chi connectivity index (χ3v) is 4.94. The average Bonchev–Trinajstić information content (AvgIpc) is 3.10. The summed E-state index contributed by atoms with van der Waals surface area (Å²) >= 11 is 0. The number of nitrogens with one attached hydrogen (secondary N) is 1. The van der Waals surface area contributed by atoms with Gasteiger partial charge in [-0.25, -0.2) is 0 Å². The molecule has 9 nitrogen and oxygen atoms in total. The fourth-order valence-corrected chi connectivity index (χ4v) is 3.41. The van der Waals surface area contributed by atoms with E-state index in [9.17, 15) is 25.1 Å². The largest absolute Gasteiger partial charge is 0.508 e. The smallest absolute Gasteiger partial charge is 0.294 e. The Hall–Kier alpha value is -4.66. The molecule has 4 aromatic rings. The molecule has 0 bridgehead atoms. The highest BCUT2D eigenvalue weighted by molar-refractivity contribution is 6.10. The van der Waals surface area contributed by atoms with Crippen LogP contribution >= 0.6 is 0 Å². The first kappa shape index (κ1) is 20.6. The first-order valence-corrected chi connectivity index (χ1v) is 9.56. The molecule has 0 atom stereocenters. The van der Waals surface area contributed by atoms with Crippen molar-refractivity contribution in [3.63, 3.8) is 0 Å². The third kappa shape index (κ3) is 3.86. The highest BCUT2D eigenvalue weighted by Crippen LogP contribution is 2.28. The molecule has 0 amide bonds. The number of aryl methyl sites for hydroxylation is 1. The van der Waals surface area contributed by atoms with Crippen LogP contribution in [0.1, 0.15) is 27.2 Å². The van der Waals surface area contributed by atoms with E-state index in [4.69, 9.17) is 0 Å². The van der Waals surface area contributed by atoms with Crippen molar-refractivity contribution in [2.45, 2.75) is 6.92 Å². The summed E-state index contributed by atoms with van der Waals surface area (Å²) < 4.78 is 1.75. The molecule has 2 aromatic carbocycles. The molecule has 0 unspecified atom stereocenters. The highest BCUT2D eigenvalue weighted by atomic mass is 16.6. The zero-order valence-corrected chi connectivity index (χ0v) is 16.9. The summed E-state index contributed by atoms with van der Waals surface area (Å²) in [5.74, 6) is -0.629. The van der Waals surface area contributed by atoms with Crippen molar-refractivity contribution in [1.29, 1.82) is 0 Å². The molecular formula is C23H18N4O5. The molecule has 0 aliphatic heterocycles. The molecule has 4 rings (SSSR count). The number of nitro groups is 1. The Morgan fingerprint density at radius 3 is 2.69 bits per heavy atom. The molecule has 160 valence electrons. The van der Waals surface area contributed by atoms with E-state index in [0.29, 0.717) is 11.3 Å². The first-order valence-electron chi connectivity index (χ1n) is 9.56. The number of hydrogen-bond acceptors (Lipinski definition) is 7. The number of phenolic OH excluding ortho intramolecular Hbond substituents is 2. The fourth-order valence-electron chi connectivity index (χ4n) is 3.41. The van der Waals surface area contributed by atoms with Crippen molar-refractivity contribution in [2.24, 2.45) is 5.10 Å². The molecule has 9 heteroatoms. The number of aromatic hydroxyl groups is 2. The summed E-state index contributed by atoms with van der Waals surface area (Å²) in [5, 5.41) is 34.7. The monoisotopic (exact) mass is 430 g/mol. The molecule has 0 saturated heterocycles. The lowest BCUT2D eigenvalue weighted by Crippen LogP contribution is -2.08. The van der Waals surface area contributed by atoms with Gasteiger partial charge in [0.1, 0.15) is 17.2 Å². The number of aromatic nitrogens is 1. The molecule has 2 heterocycles. The summed E-state index contributed by atoms with van der Waals surface area (Å²) in [6.07, 6.45) is 3.03. The van der Waals surface area contributed by atoms with Gasteiger partial charge in [0, 0.05) is 35.0 Å². The number of hydrazone groups is 1. The van der Waals surface area contributed by atoms with Gasteiger partial charge in [-0.1, -0.05) is 6.07 Å². The second-order valence-electron chi connectivity index (χ2n) is 7.10. The fraction of sp³-hybridized carbons (Fsp3) is 0.0435. The number of benzene rings is 2. The van der Waals surface area contributed by atoms with Crippen LogP contribution in [0.2, 0.25) is 0 Å². The lowest BCUT2D eigenvalue weighted by molar-refractivity contribution is -0.384. The normalized spacial score (nSPS) is 11.2. The number of nitro benzene ring substituents is 1. The van der Waals surface area contributed by atoms with Crippen LogP contribution in [0.3, 0.4) is 0 Å². The molecule has 32 heavy (non-hydrogen) atoms. The average molecular weight is 430 g/mol. The van der Waals surface area contributed by atoms with E-state index in [2.05, 4.69) is 10.5 Å². The molecule has 0 saturated carbocycles. The zero-order chi connectivity index (χ0) is 22.8. The van der Waals surface area contributed by atoms with Crippen LogP contribution in [-0.2, 0) is 0 Å². The lowest BCUT2D eigenvalue weighted by Gasteiger charge is -2.07. The summed E-state index contributed by atoms with van der Waals surface area (Å²) in [5.41, 5.74) is 4.87. The van der Waals surface area contributed by atoms with Gasteiger partial charge in [-0.15, -0.1) is 0 Å². The van der Waals surface area contributed by atoms with Gasteiger partial charge in [-0.2, -0.15) is 5.10 Å². The number of carbonyl (C=O) groups excluding carboxylic acids is 1. The number of nitrogens with zero attached hydrogens (tertiary/aromatic N) is 3. The van der Waals surface area contributed by atoms with Crippen LogP contribution in [0.25, 0.3) is 5.52 Å². The van der Waals surface area contributed by atoms with Crippen molar-refractivity contribution >= 4 is 28.9 Å². The number of hydrogen-bond donors (Lipinski definition) is 3. The van der Waals surface area contributed by atoms with E-state index in [-0.39, 0.29) is 34.2 Å². The number of fused-ring (bicyclic) bond motifs is 1. The van der Waals surface area contributed by atoms with Crippen molar-refractivity contribution in [3.05, 3.63) is 99.4 Å². The standard InChI is InChI=1S/C23H18N4O5/c1-14-10-17-4-2-3-9-26(17)22(14)23(30)15-6-8-19(20(11-15)27(31)32)25-24-13-16-5-7-18(28)12-21(16)29/h2-13,25,28-29H,1H3/b24-13-. The van der Waals surface area contributed by atoms with Crippen LogP contribution in [0.4, 0.5) is 11.4 Å². The van der Waals surface area contributed by atoms with E-state index in [0.717, 1.165) is 17.1 Å². The van der Waals surface area contributed by atoms with Gasteiger partial charge < -0.3 is 14.6 Å². The minimum atomic E-state index is -0.601. The summed E-state index contributed by atoms with van der Waals surface area (Å²) in [6, 6.07) is 15.5. The van der Waals surface area contributed by atoms with E-state index >= 15 is 0 Å². The molecule has 2 aromatic heterocycles. The van der Waals surface area contributed by atoms with Crippen LogP contribution in [0, 0.1) is 17.0 Å². The molecule has 0 fully saturated rings. The minimum absolute atomic E-state index is 0.0813. The van der Waals surface area contributed by atoms with E-state index in [1.165, 1.54) is 36.5 Å². The van der Waals surface area contributed by atoms with Gasteiger partial charge in [0.05, 0.1) is 16.8 Å². The maximum atomic E-state index is 13.2. The van der Waals surface area contributed by atoms with Gasteiger partial charge in [-0.05, 0) is 55.0 Å². The summed E-state index contributed by atoms with van der Waals surface area (Å²) in [7, 11) is 0. The highest BCUT2D eigenvalue weighted by Gasteiger charge is 2.21. The van der Waals surface area contributed by atoms with E-state index in [1.807, 2.05) is 31.2 Å². The van der Waals surface area contributed by atoms with Gasteiger partial charge in [-0.3, -0.25) is 20.3 Å². The quantitative estimate of drug-likeness (QED) is 0.182. The van der Waals surface area contributed by atoms with Crippen LogP contribution in [-0.4, -0.2) is 31.5 Å². The number of pyridine rings is 1. The topological polar surface area (TPSA) is 129 Å². The molecule has 0 radical (unpaired) electrons. The number of phenols is 2. The van der Waals surface area contributed by atoms with Crippen molar-refractivity contribution in [2.75, 3.05) is 5.43 Å². The van der Waals surface area contributed by atoms with Gasteiger partial charge >= 0.3 is 0 Å². The maximum absolute atomic E-state index is 13.2. The van der Waals surface area contributed by atoms with E-state index in [1.54, 1.807) is 10.6 Å². The second kappa shape index (κ2) is 8.23.